The van der Waals surface area contributed by atoms with Crippen molar-refractivity contribution < 1.29 is 0 Å². The van der Waals surface area contributed by atoms with Gasteiger partial charge in [0.15, 0.2) is 0 Å². The first-order chi connectivity index (χ1) is 12.9. The zero-order chi connectivity index (χ0) is 19.3. The summed E-state index contributed by atoms with van der Waals surface area (Å²) in [4.78, 5) is 36.3. The number of aliphatic imine (C=N–C) groups is 2. The summed E-state index contributed by atoms with van der Waals surface area (Å²) in [5.41, 5.74) is 11.5. The molecular formula is C18H23N7O2. The third-order valence-corrected chi connectivity index (χ3v) is 5.62. The Morgan fingerprint density at radius 1 is 1.00 bits per heavy atom. The van der Waals surface area contributed by atoms with E-state index in [1.54, 1.807) is 37.2 Å². The summed E-state index contributed by atoms with van der Waals surface area (Å²) in [6, 6.07) is 5.20. The lowest BCUT2D eigenvalue weighted by Gasteiger charge is -2.45. The maximum Gasteiger partial charge on any atom is 0.275 e. The Morgan fingerprint density at radius 2 is 1.67 bits per heavy atom. The number of nitrogens with zero attached hydrogens (tertiary/aromatic N) is 5. The molecule has 1 aliphatic carbocycles. The number of anilines is 1. The largest absolute Gasteiger partial charge is 0.369 e. The maximum atomic E-state index is 13.0. The van der Waals surface area contributed by atoms with E-state index in [2.05, 4.69) is 9.98 Å². The van der Waals surface area contributed by atoms with Gasteiger partial charge < -0.3 is 11.5 Å². The van der Waals surface area contributed by atoms with E-state index < -0.39 is 5.66 Å². The van der Waals surface area contributed by atoms with Crippen molar-refractivity contribution in [1.29, 1.82) is 0 Å². The molecule has 0 amide bonds. The van der Waals surface area contributed by atoms with Crippen LogP contribution in [-0.2, 0) is 14.1 Å². The Morgan fingerprint density at radius 3 is 2.37 bits per heavy atom. The van der Waals surface area contributed by atoms with Crippen molar-refractivity contribution in [3.63, 3.8) is 0 Å². The Labute approximate surface area is 155 Å². The third kappa shape index (κ3) is 2.45. The minimum atomic E-state index is -0.672. The van der Waals surface area contributed by atoms with Crippen LogP contribution in [0.25, 0.3) is 10.8 Å². The molecule has 1 spiro atoms. The van der Waals surface area contributed by atoms with E-state index in [0.717, 1.165) is 32.1 Å². The van der Waals surface area contributed by atoms with Crippen LogP contribution in [0.2, 0.25) is 0 Å². The fourth-order valence-electron chi connectivity index (χ4n) is 4.21. The van der Waals surface area contributed by atoms with Gasteiger partial charge >= 0.3 is 0 Å². The van der Waals surface area contributed by atoms with Gasteiger partial charge in [-0.05, 0) is 37.8 Å². The standard InChI is InChI=1S/C18H23N7O2/c1-23-14(26)11-7-6-8-12(13(11)15(27)24(23)2)25-17(20)21-16(19)22-18(25)9-4-3-5-10-18/h6-8H,3-5,9-10H2,1-2H3,(H4,19,20,21,22). The van der Waals surface area contributed by atoms with Crippen LogP contribution in [0.5, 0.6) is 0 Å². The highest BCUT2D eigenvalue weighted by atomic mass is 16.2. The molecule has 1 aliphatic heterocycles. The van der Waals surface area contributed by atoms with Crippen molar-refractivity contribution in [3.8, 4) is 0 Å². The zero-order valence-electron chi connectivity index (χ0n) is 15.5. The number of aromatic nitrogens is 2. The van der Waals surface area contributed by atoms with Crippen LogP contribution in [0.1, 0.15) is 32.1 Å². The minimum absolute atomic E-state index is 0.148. The molecule has 142 valence electrons. The quantitative estimate of drug-likeness (QED) is 0.750. The van der Waals surface area contributed by atoms with E-state index in [0.29, 0.717) is 16.5 Å². The van der Waals surface area contributed by atoms with Crippen LogP contribution in [0.4, 0.5) is 5.69 Å². The van der Waals surface area contributed by atoms with Crippen LogP contribution in [-0.4, -0.2) is 26.9 Å². The number of rotatable bonds is 1. The second-order valence-corrected chi connectivity index (χ2v) is 7.18. The minimum Gasteiger partial charge on any atom is -0.369 e. The molecule has 0 bridgehead atoms. The molecule has 2 aromatic rings. The molecule has 0 unspecified atom stereocenters. The van der Waals surface area contributed by atoms with Crippen molar-refractivity contribution in [3.05, 3.63) is 38.9 Å². The topological polar surface area (TPSA) is 124 Å². The summed E-state index contributed by atoms with van der Waals surface area (Å²) < 4.78 is 2.60. The molecule has 1 aromatic carbocycles. The molecule has 27 heavy (non-hydrogen) atoms. The molecule has 2 heterocycles. The average Bonchev–Trinajstić information content (AvgIpc) is 2.64. The van der Waals surface area contributed by atoms with Gasteiger partial charge in [-0.2, -0.15) is 4.99 Å². The highest BCUT2D eigenvalue weighted by Gasteiger charge is 2.43. The normalized spacial score (nSPS) is 19.3. The first-order valence-electron chi connectivity index (χ1n) is 9.04. The molecule has 2 aliphatic rings. The first-order valence-corrected chi connectivity index (χ1v) is 9.04. The van der Waals surface area contributed by atoms with Crippen LogP contribution in [0.15, 0.2) is 37.8 Å². The summed E-state index contributed by atoms with van der Waals surface area (Å²) in [5, 5.41) is 0.668. The molecular weight excluding hydrogens is 346 g/mol. The summed E-state index contributed by atoms with van der Waals surface area (Å²) in [7, 11) is 3.14. The van der Waals surface area contributed by atoms with Gasteiger partial charge in [0, 0.05) is 14.1 Å². The van der Waals surface area contributed by atoms with Gasteiger partial charge in [-0.3, -0.25) is 23.9 Å². The third-order valence-electron chi connectivity index (χ3n) is 5.62. The summed E-state index contributed by atoms with van der Waals surface area (Å²) in [5.74, 6) is 0.342. The van der Waals surface area contributed by atoms with Gasteiger partial charge in [0.1, 0.15) is 5.66 Å². The summed E-state index contributed by atoms with van der Waals surface area (Å²) in [6.07, 6.45) is 4.58. The Balaban J connectivity index is 2.06. The van der Waals surface area contributed by atoms with Gasteiger partial charge in [0.05, 0.1) is 16.5 Å². The predicted molar refractivity (Wildman–Crippen MR) is 106 cm³/mol. The highest BCUT2D eigenvalue weighted by molar-refractivity contribution is 6.10. The van der Waals surface area contributed by atoms with Gasteiger partial charge in [-0.25, -0.2) is 4.99 Å². The lowest BCUT2D eigenvalue weighted by Crippen LogP contribution is -2.58. The van der Waals surface area contributed by atoms with E-state index in [-0.39, 0.29) is 23.0 Å². The number of guanidine groups is 2. The Kier molecular flexibility index (Phi) is 3.83. The molecule has 1 aromatic heterocycles. The second-order valence-electron chi connectivity index (χ2n) is 7.18. The van der Waals surface area contributed by atoms with Crippen LogP contribution >= 0.6 is 0 Å². The van der Waals surface area contributed by atoms with E-state index in [1.807, 2.05) is 0 Å². The number of hydrogen-bond acceptors (Lipinski definition) is 7. The van der Waals surface area contributed by atoms with Crippen molar-refractivity contribution in [2.75, 3.05) is 4.90 Å². The number of benzene rings is 1. The van der Waals surface area contributed by atoms with Crippen LogP contribution < -0.4 is 27.5 Å². The van der Waals surface area contributed by atoms with Crippen LogP contribution in [0.3, 0.4) is 0 Å². The molecule has 1 fully saturated rings. The number of nitrogens with two attached hydrogens (primary N) is 2. The van der Waals surface area contributed by atoms with Gasteiger partial charge in [-0.15, -0.1) is 0 Å². The molecule has 0 saturated heterocycles. The molecule has 0 radical (unpaired) electrons. The maximum absolute atomic E-state index is 13.0. The van der Waals surface area contributed by atoms with E-state index in [1.165, 1.54) is 9.36 Å². The Bertz CT molecular complexity index is 1100. The van der Waals surface area contributed by atoms with Crippen molar-refractivity contribution in [1.82, 2.24) is 9.36 Å². The zero-order valence-corrected chi connectivity index (χ0v) is 15.5. The second kappa shape index (κ2) is 5.97. The summed E-state index contributed by atoms with van der Waals surface area (Å²) >= 11 is 0. The molecule has 9 nitrogen and oxygen atoms in total. The van der Waals surface area contributed by atoms with E-state index in [9.17, 15) is 9.59 Å². The molecule has 1 saturated carbocycles. The van der Waals surface area contributed by atoms with E-state index >= 15 is 0 Å². The molecule has 4 rings (SSSR count). The molecule has 0 atom stereocenters. The van der Waals surface area contributed by atoms with Crippen molar-refractivity contribution >= 4 is 28.4 Å². The number of fused-ring (bicyclic) bond motifs is 1. The van der Waals surface area contributed by atoms with Crippen molar-refractivity contribution in [2.24, 2.45) is 35.5 Å². The number of hydrogen-bond donors (Lipinski definition) is 2. The lowest BCUT2D eigenvalue weighted by atomic mass is 9.87. The highest BCUT2D eigenvalue weighted by Crippen LogP contribution is 2.40. The summed E-state index contributed by atoms with van der Waals surface area (Å²) in [6.45, 7) is 0. The van der Waals surface area contributed by atoms with Gasteiger partial charge in [0.2, 0.25) is 11.9 Å². The smallest absolute Gasteiger partial charge is 0.275 e. The SMILES string of the molecule is Cn1c(=O)c2cccc(N3C(N)=NC(N)=NC34CCCCC4)c2c(=O)n1C. The monoisotopic (exact) mass is 369 g/mol. The lowest BCUT2D eigenvalue weighted by molar-refractivity contribution is 0.306. The van der Waals surface area contributed by atoms with Gasteiger partial charge in [-0.1, -0.05) is 12.5 Å². The van der Waals surface area contributed by atoms with Gasteiger partial charge in [0.25, 0.3) is 11.1 Å². The Hall–Kier alpha value is -3.10. The first kappa shape index (κ1) is 17.3. The molecule has 4 N–H and O–H groups in total. The fourth-order valence-corrected chi connectivity index (χ4v) is 4.21. The van der Waals surface area contributed by atoms with Crippen molar-refractivity contribution in [2.45, 2.75) is 37.8 Å². The average molecular weight is 369 g/mol. The molecule has 9 heteroatoms. The van der Waals surface area contributed by atoms with E-state index in [4.69, 9.17) is 11.5 Å². The predicted octanol–water partition coefficient (Wildman–Crippen LogP) is 0.347. The van der Waals surface area contributed by atoms with Crippen LogP contribution in [0, 0.1) is 0 Å². The fraction of sp³-hybridized carbons (Fsp3) is 0.444.